The lowest BCUT2D eigenvalue weighted by Crippen LogP contribution is -2.30. The minimum Gasteiger partial charge on any atom is -0.357 e. The predicted molar refractivity (Wildman–Crippen MR) is 60.1 cm³/mol. The van der Waals surface area contributed by atoms with E-state index in [0.29, 0.717) is 11.4 Å². The van der Waals surface area contributed by atoms with Crippen LogP contribution in [0.1, 0.15) is 30.8 Å². The number of aromatic nitrogens is 2. The van der Waals surface area contributed by atoms with Crippen molar-refractivity contribution < 1.29 is 4.79 Å². The Morgan fingerprint density at radius 1 is 1.60 bits per heavy atom. The van der Waals surface area contributed by atoms with Crippen LogP contribution in [0, 0.1) is 13.8 Å². The van der Waals surface area contributed by atoms with Gasteiger partial charge >= 0.3 is 0 Å². The zero-order valence-electron chi connectivity index (χ0n) is 9.47. The zero-order valence-corrected chi connectivity index (χ0v) is 10.2. The quantitative estimate of drug-likeness (QED) is 0.860. The van der Waals surface area contributed by atoms with Crippen molar-refractivity contribution in [3.05, 3.63) is 16.4 Å². The maximum atomic E-state index is 11.6. The van der Waals surface area contributed by atoms with E-state index >= 15 is 0 Å². The molecule has 5 heteroatoms. The van der Waals surface area contributed by atoms with Crippen molar-refractivity contribution in [3.63, 3.8) is 0 Å². The molecule has 1 atom stereocenters. The fourth-order valence-corrected chi connectivity index (χ4v) is 1.71. The van der Waals surface area contributed by atoms with Crippen LogP contribution < -0.4 is 5.32 Å². The van der Waals surface area contributed by atoms with Crippen LogP contribution in [0.2, 0.25) is 5.02 Å². The number of hydrogen-bond acceptors (Lipinski definition) is 2. The van der Waals surface area contributed by atoms with Gasteiger partial charge in [0.2, 0.25) is 5.91 Å². The van der Waals surface area contributed by atoms with Crippen LogP contribution in [0.5, 0.6) is 0 Å². The number of amides is 1. The predicted octanol–water partition coefficient (Wildman–Crippen LogP) is 1.85. The van der Waals surface area contributed by atoms with Gasteiger partial charge in [0.15, 0.2) is 0 Å². The molecular formula is C10H16ClN3O. The fraction of sp³-hybridized carbons (Fsp3) is 0.600. The summed E-state index contributed by atoms with van der Waals surface area (Å²) < 4.78 is 1.69. The van der Waals surface area contributed by atoms with Gasteiger partial charge < -0.3 is 5.32 Å². The Hall–Kier alpha value is -1.03. The smallest absolute Gasteiger partial charge is 0.244 e. The van der Waals surface area contributed by atoms with E-state index in [1.165, 1.54) is 0 Å². The van der Waals surface area contributed by atoms with E-state index in [1.54, 1.807) is 11.7 Å². The molecule has 1 heterocycles. The number of hydrogen-bond donors (Lipinski definition) is 1. The monoisotopic (exact) mass is 229 g/mol. The van der Waals surface area contributed by atoms with Gasteiger partial charge in [0.05, 0.1) is 16.4 Å². The largest absolute Gasteiger partial charge is 0.357 e. The number of carbonyl (C=O) groups is 1. The number of nitrogens with zero attached hydrogens (tertiary/aromatic N) is 2. The van der Waals surface area contributed by atoms with E-state index in [1.807, 2.05) is 20.8 Å². The molecular weight excluding hydrogens is 214 g/mol. The number of carbonyl (C=O) groups excluding carboxylic acids is 1. The van der Waals surface area contributed by atoms with Gasteiger partial charge in [-0.3, -0.25) is 9.48 Å². The van der Waals surface area contributed by atoms with E-state index in [4.69, 9.17) is 11.6 Å². The molecule has 1 amide bonds. The van der Waals surface area contributed by atoms with Gasteiger partial charge in [-0.2, -0.15) is 5.10 Å². The Balaban J connectivity index is 3.13. The van der Waals surface area contributed by atoms with Crippen molar-refractivity contribution in [1.29, 1.82) is 0 Å². The van der Waals surface area contributed by atoms with Gasteiger partial charge in [0.1, 0.15) is 6.04 Å². The van der Waals surface area contributed by atoms with Crippen molar-refractivity contribution in [1.82, 2.24) is 15.1 Å². The normalized spacial score (nSPS) is 12.6. The van der Waals surface area contributed by atoms with Crippen LogP contribution in [0.15, 0.2) is 0 Å². The maximum Gasteiger partial charge on any atom is 0.244 e. The van der Waals surface area contributed by atoms with Crippen molar-refractivity contribution in [2.75, 3.05) is 7.05 Å². The van der Waals surface area contributed by atoms with Crippen LogP contribution in [-0.4, -0.2) is 22.7 Å². The standard InChI is InChI=1S/C10H16ClN3O/c1-5-8(10(15)12-4)14-7(3)9(11)6(2)13-14/h8H,5H2,1-4H3,(H,12,15). The zero-order chi connectivity index (χ0) is 11.6. The van der Waals surface area contributed by atoms with Crippen LogP contribution in [0.4, 0.5) is 0 Å². The molecule has 0 aliphatic heterocycles. The summed E-state index contributed by atoms with van der Waals surface area (Å²) in [5.41, 5.74) is 1.60. The van der Waals surface area contributed by atoms with E-state index in [9.17, 15) is 4.79 Å². The second-order valence-electron chi connectivity index (χ2n) is 3.47. The van der Waals surface area contributed by atoms with Crippen molar-refractivity contribution in [2.24, 2.45) is 0 Å². The molecule has 0 spiro atoms. The topological polar surface area (TPSA) is 46.9 Å². The van der Waals surface area contributed by atoms with Gasteiger partial charge in [-0.15, -0.1) is 0 Å². The van der Waals surface area contributed by atoms with Gasteiger partial charge in [-0.05, 0) is 20.3 Å². The SMILES string of the molecule is CCC(C(=O)NC)n1nc(C)c(Cl)c1C. The molecule has 1 rings (SSSR count). The third kappa shape index (κ3) is 2.15. The molecule has 84 valence electrons. The van der Waals surface area contributed by atoms with Gasteiger partial charge in [0.25, 0.3) is 0 Å². The Morgan fingerprint density at radius 2 is 2.20 bits per heavy atom. The average Bonchev–Trinajstić information content (AvgIpc) is 2.47. The van der Waals surface area contributed by atoms with E-state index in [-0.39, 0.29) is 11.9 Å². The van der Waals surface area contributed by atoms with Gasteiger partial charge in [-0.1, -0.05) is 18.5 Å². The van der Waals surface area contributed by atoms with E-state index in [0.717, 1.165) is 11.4 Å². The summed E-state index contributed by atoms with van der Waals surface area (Å²) in [5, 5.41) is 7.54. The molecule has 1 N–H and O–H groups in total. The number of halogens is 1. The first-order valence-electron chi connectivity index (χ1n) is 4.95. The summed E-state index contributed by atoms with van der Waals surface area (Å²) in [6, 6.07) is -0.277. The summed E-state index contributed by atoms with van der Waals surface area (Å²) in [4.78, 5) is 11.6. The molecule has 0 bridgehead atoms. The van der Waals surface area contributed by atoms with Gasteiger partial charge in [-0.25, -0.2) is 0 Å². The molecule has 0 saturated carbocycles. The van der Waals surface area contributed by atoms with Crippen LogP contribution in [-0.2, 0) is 4.79 Å². The minimum atomic E-state index is -0.277. The maximum absolute atomic E-state index is 11.6. The third-order valence-electron chi connectivity index (χ3n) is 2.47. The highest BCUT2D eigenvalue weighted by atomic mass is 35.5. The summed E-state index contributed by atoms with van der Waals surface area (Å²) in [6.45, 7) is 5.65. The van der Waals surface area contributed by atoms with Gasteiger partial charge in [0, 0.05) is 7.05 Å². The number of nitrogens with one attached hydrogen (secondary N) is 1. The molecule has 0 saturated heterocycles. The molecule has 0 aliphatic rings. The lowest BCUT2D eigenvalue weighted by Gasteiger charge is -2.15. The lowest BCUT2D eigenvalue weighted by atomic mass is 10.2. The summed E-state index contributed by atoms with van der Waals surface area (Å²) in [5.74, 6) is -0.0419. The Labute approximate surface area is 94.6 Å². The molecule has 4 nitrogen and oxygen atoms in total. The second-order valence-corrected chi connectivity index (χ2v) is 3.85. The Kier molecular flexibility index (Phi) is 3.74. The summed E-state index contributed by atoms with van der Waals surface area (Å²) >= 11 is 6.03. The lowest BCUT2D eigenvalue weighted by molar-refractivity contribution is -0.124. The molecule has 0 fully saturated rings. The van der Waals surface area contributed by atoms with Crippen molar-refractivity contribution in [3.8, 4) is 0 Å². The fourth-order valence-electron chi connectivity index (χ4n) is 1.58. The highest BCUT2D eigenvalue weighted by molar-refractivity contribution is 6.31. The summed E-state index contributed by atoms with van der Waals surface area (Å²) in [6.07, 6.45) is 0.692. The molecule has 0 aliphatic carbocycles. The van der Waals surface area contributed by atoms with Crippen molar-refractivity contribution >= 4 is 17.5 Å². The number of likely N-dealkylation sites (N-methyl/N-ethyl adjacent to an activating group) is 1. The third-order valence-corrected chi connectivity index (χ3v) is 3.01. The first-order valence-corrected chi connectivity index (χ1v) is 5.33. The average molecular weight is 230 g/mol. The number of aryl methyl sites for hydroxylation is 1. The van der Waals surface area contributed by atoms with Crippen LogP contribution in [0.25, 0.3) is 0 Å². The first-order chi connectivity index (χ1) is 7.02. The molecule has 0 aromatic carbocycles. The molecule has 1 unspecified atom stereocenters. The summed E-state index contributed by atoms with van der Waals surface area (Å²) in [7, 11) is 1.62. The number of rotatable bonds is 3. The van der Waals surface area contributed by atoms with Crippen LogP contribution >= 0.6 is 11.6 Å². The van der Waals surface area contributed by atoms with Crippen LogP contribution in [0.3, 0.4) is 0 Å². The molecule has 1 aromatic heterocycles. The Morgan fingerprint density at radius 3 is 2.53 bits per heavy atom. The minimum absolute atomic E-state index is 0.0419. The molecule has 0 radical (unpaired) electrons. The molecule has 15 heavy (non-hydrogen) atoms. The van der Waals surface area contributed by atoms with Crippen molar-refractivity contribution in [2.45, 2.75) is 33.2 Å². The highest BCUT2D eigenvalue weighted by Crippen LogP contribution is 2.23. The Bertz CT molecular complexity index is 373. The highest BCUT2D eigenvalue weighted by Gasteiger charge is 2.21. The van der Waals surface area contributed by atoms with E-state index < -0.39 is 0 Å². The second kappa shape index (κ2) is 4.66. The molecule has 1 aromatic rings. The van der Waals surface area contributed by atoms with E-state index in [2.05, 4.69) is 10.4 Å². The first kappa shape index (κ1) is 12.0.